The van der Waals surface area contributed by atoms with Gasteiger partial charge in [0.15, 0.2) is 0 Å². The minimum Gasteiger partial charge on any atom is -0.263 e. The number of amides is 4. The number of halogens is 1. The predicted molar refractivity (Wildman–Crippen MR) is 63.8 cm³/mol. The average molecular weight is 284 g/mol. The second-order valence-electron chi connectivity index (χ2n) is 3.68. The Balaban J connectivity index is 2.49. The van der Waals surface area contributed by atoms with E-state index < -0.39 is 22.8 Å². The number of benzene rings is 1. The molecule has 1 aromatic rings. The van der Waals surface area contributed by atoms with Crippen molar-refractivity contribution in [1.82, 2.24) is 4.90 Å². The third kappa shape index (κ3) is 1.91. The van der Waals surface area contributed by atoms with Crippen LogP contribution in [0.2, 0.25) is 5.02 Å². The first-order valence-electron chi connectivity index (χ1n) is 4.94. The van der Waals surface area contributed by atoms with Gasteiger partial charge in [-0.15, -0.1) is 0 Å². The molecule has 2 rings (SSSR count). The van der Waals surface area contributed by atoms with Crippen molar-refractivity contribution in [2.75, 3.05) is 11.9 Å². The third-order valence-electron chi connectivity index (χ3n) is 2.55. The van der Waals surface area contributed by atoms with Gasteiger partial charge in [0.05, 0.1) is 15.6 Å². The molecule has 1 saturated heterocycles. The normalized spacial score (nSPS) is 15.4. The number of nitro benzene ring substituents is 1. The zero-order valence-corrected chi connectivity index (χ0v) is 10.2. The first-order valence-corrected chi connectivity index (χ1v) is 5.32. The molecule has 1 aliphatic heterocycles. The number of imide groups is 2. The fourth-order valence-corrected chi connectivity index (χ4v) is 1.83. The van der Waals surface area contributed by atoms with Crippen molar-refractivity contribution in [2.45, 2.75) is 0 Å². The average Bonchev–Trinajstić information content (AvgIpc) is 2.55. The number of carbonyl (C=O) groups excluding carboxylic acids is 3. The lowest BCUT2D eigenvalue weighted by Gasteiger charge is -2.13. The van der Waals surface area contributed by atoms with E-state index in [9.17, 15) is 24.5 Å². The molecular weight excluding hydrogens is 278 g/mol. The van der Waals surface area contributed by atoms with Crippen LogP contribution in [0.25, 0.3) is 0 Å². The molecule has 0 bridgehead atoms. The van der Waals surface area contributed by atoms with Gasteiger partial charge >= 0.3 is 17.8 Å². The van der Waals surface area contributed by atoms with E-state index in [4.69, 9.17) is 11.6 Å². The molecular formula is C10H6ClN3O5. The first-order chi connectivity index (χ1) is 8.84. The maximum Gasteiger partial charge on any atom is 0.338 e. The second-order valence-corrected chi connectivity index (χ2v) is 4.09. The number of rotatable bonds is 2. The number of hydrogen-bond donors (Lipinski definition) is 0. The molecule has 1 heterocycles. The van der Waals surface area contributed by atoms with E-state index in [0.717, 1.165) is 25.2 Å². The summed E-state index contributed by atoms with van der Waals surface area (Å²) in [6.07, 6.45) is 0. The van der Waals surface area contributed by atoms with Crippen LogP contribution in [0.3, 0.4) is 0 Å². The number of nitrogens with zero attached hydrogens (tertiary/aromatic N) is 3. The minimum absolute atomic E-state index is 0.0695. The highest BCUT2D eigenvalue weighted by atomic mass is 35.5. The summed E-state index contributed by atoms with van der Waals surface area (Å²) >= 11 is 5.80. The summed E-state index contributed by atoms with van der Waals surface area (Å²) < 4.78 is 0. The van der Waals surface area contributed by atoms with E-state index in [1.807, 2.05) is 0 Å². The van der Waals surface area contributed by atoms with Crippen LogP contribution in [-0.2, 0) is 9.59 Å². The minimum atomic E-state index is -1.05. The van der Waals surface area contributed by atoms with Crippen LogP contribution in [0, 0.1) is 10.1 Å². The SMILES string of the molecule is CN1C(=O)C(=O)N(c2ccc([N+](=O)[O-])cc2Cl)C1=O. The molecule has 8 nitrogen and oxygen atoms in total. The molecule has 0 radical (unpaired) electrons. The van der Waals surface area contributed by atoms with Gasteiger partial charge in [0.2, 0.25) is 0 Å². The number of nitro groups is 1. The molecule has 1 aromatic carbocycles. The number of non-ortho nitro benzene ring substituents is 1. The molecule has 0 N–H and O–H groups in total. The Morgan fingerprint density at radius 2 is 1.84 bits per heavy atom. The zero-order valence-electron chi connectivity index (χ0n) is 9.49. The molecule has 0 unspecified atom stereocenters. The van der Waals surface area contributed by atoms with Crippen molar-refractivity contribution in [2.24, 2.45) is 0 Å². The fourth-order valence-electron chi connectivity index (χ4n) is 1.57. The van der Waals surface area contributed by atoms with Gasteiger partial charge < -0.3 is 0 Å². The number of carbonyl (C=O) groups is 3. The second kappa shape index (κ2) is 4.32. The van der Waals surface area contributed by atoms with E-state index in [-0.39, 0.29) is 16.4 Å². The summed E-state index contributed by atoms with van der Waals surface area (Å²) in [6.45, 7) is 0. The maximum absolute atomic E-state index is 11.7. The van der Waals surface area contributed by atoms with E-state index in [1.54, 1.807) is 0 Å². The van der Waals surface area contributed by atoms with Crippen LogP contribution >= 0.6 is 11.6 Å². The Morgan fingerprint density at radius 1 is 1.21 bits per heavy atom. The van der Waals surface area contributed by atoms with Crippen LogP contribution < -0.4 is 4.90 Å². The van der Waals surface area contributed by atoms with Gasteiger partial charge in [0.1, 0.15) is 0 Å². The van der Waals surface area contributed by atoms with Crippen molar-refractivity contribution >= 4 is 40.8 Å². The van der Waals surface area contributed by atoms with E-state index in [1.165, 1.54) is 0 Å². The van der Waals surface area contributed by atoms with Crippen molar-refractivity contribution in [3.8, 4) is 0 Å². The molecule has 0 aromatic heterocycles. The molecule has 0 aliphatic carbocycles. The van der Waals surface area contributed by atoms with E-state index in [0.29, 0.717) is 9.80 Å². The number of hydrogen-bond acceptors (Lipinski definition) is 5. The van der Waals surface area contributed by atoms with Crippen molar-refractivity contribution in [3.05, 3.63) is 33.3 Å². The van der Waals surface area contributed by atoms with E-state index in [2.05, 4.69) is 0 Å². The van der Waals surface area contributed by atoms with Gasteiger partial charge in [0.25, 0.3) is 5.69 Å². The summed E-state index contributed by atoms with van der Waals surface area (Å²) in [6, 6.07) is 2.37. The van der Waals surface area contributed by atoms with Crippen LogP contribution in [-0.4, -0.2) is 34.7 Å². The predicted octanol–water partition coefficient (Wildman–Crippen LogP) is 1.17. The molecule has 4 amide bonds. The molecule has 0 saturated carbocycles. The first kappa shape index (κ1) is 13.0. The largest absolute Gasteiger partial charge is 0.338 e. The summed E-state index contributed by atoms with van der Waals surface area (Å²) in [5, 5.41) is 10.4. The Hall–Kier alpha value is -2.48. The quantitative estimate of drug-likeness (QED) is 0.351. The molecule has 0 spiro atoms. The van der Waals surface area contributed by atoms with Crippen molar-refractivity contribution in [1.29, 1.82) is 0 Å². The monoisotopic (exact) mass is 283 g/mol. The Labute approximate surface area is 111 Å². The standard InChI is InChI=1S/C10H6ClN3O5/c1-12-8(15)9(16)13(10(12)17)7-3-2-5(14(18)19)4-6(7)11/h2-4H,1H3. The lowest BCUT2D eigenvalue weighted by atomic mass is 10.2. The van der Waals surface area contributed by atoms with Crippen LogP contribution in [0.1, 0.15) is 0 Å². The maximum atomic E-state index is 11.7. The van der Waals surface area contributed by atoms with Gasteiger partial charge in [-0.2, -0.15) is 0 Å². The Morgan fingerprint density at radius 3 is 2.26 bits per heavy atom. The van der Waals surface area contributed by atoms with Gasteiger partial charge in [0, 0.05) is 19.2 Å². The zero-order chi connectivity index (χ0) is 14.3. The molecule has 9 heteroatoms. The van der Waals surface area contributed by atoms with Gasteiger partial charge in [-0.05, 0) is 6.07 Å². The molecule has 0 atom stereocenters. The number of urea groups is 1. The fraction of sp³-hybridized carbons (Fsp3) is 0.100. The van der Waals surface area contributed by atoms with Gasteiger partial charge in [-0.3, -0.25) is 24.6 Å². The van der Waals surface area contributed by atoms with Crippen molar-refractivity contribution < 1.29 is 19.3 Å². The lowest BCUT2D eigenvalue weighted by Crippen LogP contribution is -2.31. The lowest BCUT2D eigenvalue weighted by molar-refractivity contribution is -0.384. The topological polar surface area (TPSA) is 101 Å². The van der Waals surface area contributed by atoms with Gasteiger partial charge in [-0.1, -0.05) is 11.6 Å². The summed E-state index contributed by atoms with van der Waals surface area (Å²) in [7, 11) is 1.15. The molecule has 98 valence electrons. The Kier molecular flexibility index (Phi) is 2.95. The van der Waals surface area contributed by atoms with Crippen LogP contribution in [0.15, 0.2) is 18.2 Å². The molecule has 1 aliphatic rings. The van der Waals surface area contributed by atoms with Crippen molar-refractivity contribution in [3.63, 3.8) is 0 Å². The van der Waals surface area contributed by atoms with Crippen LogP contribution in [0.4, 0.5) is 16.2 Å². The molecule has 1 fully saturated rings. The third-order valence-corrected chi connectivity index (χ3v) is 2.85. The Bertz CT molecular complexity index is 630. The number of anilines is 1. The van der Waals surface area contributed by atoms with Crippen LogP contribution in [0.5, 0.6) is 0 Å². The summed E-state index contributed by atoms with van der Waals surface area (Å²) in [5.74, 6) is -2.04. The summed E-state index contributed by atoms with van der Waals surface area (Å²) in [5.41, 5.74) is -0.354. The smallest absolute Gasteiger partial charge is 0.263 e. The highest BCUT2D eigenvalue weighted by molar-refractivity contribution is 6.53. The number of likely N-dealkylation sites (N-methyl/N-ethyl adjacent to an activating group) is 1. The molecule has 19 heavy (non-hydrogen) atoms. The van der Waals surface area contributed by atoms with Gasteiger partial charge in [-0.25, -0.2) is 9.69 Å². The summed E-state index contributed by atoms with van der Waals surface area (Å²) in [4.78, 5) is 45.8. The highest BCUT2D eigenvalue weighted by Crippen LogP contribution is 2.32. The highest BCUT2D eigenvalue weighted by Gasteiger charge is 2.44. The van der Waals surface area contributed by atoms with E-state index >= 15 is 0 Å².